The highest BCUT2D eigenvalue weighted by molar-refractivity contribution is 5.98. The number of likely N-dealkylation sites (tertiary alicyclic amines) is 1. The molecule has 1 atom stereocenters. The molecule has 1 aliphatic heterocycles. The standard InChI is InChI=1S/C15H19N3O/c1-18-8-2-3-13(10-18)17-15(19)12-5-4-11-6-7-16-14(11)9-12/h4-7,9,13,16H,2-3,8,10H2,1H3,(H,17,19). The summed E-state index contributed by atoms with van der Waals surface area (Å²) in [5.74, 6) is 0.0248. The molecule has 19 heavy (non-hydrogen) atoms. The number of rotatable bonds is 2. The largest absolute Gasteiger partial charge is 0.361 e. The molecule has 0 aliphatic carbocycles. The first-order valence-corrected chi connectivity index (χ1v) is 6.79. The number of nitrogens with zero attached hydrogens (tertiary/aromatic N) is 1. The molecule has 0 spiro atoms. The first-order chi connectivity index (χ1) is 9.22. The summed E-state index contributed by atoms with van der Waals surface area (Å²) >= 11 is 0. The van der Waals surface area contributed by atoms with E-state index in [-0.39, 0.29) is 11.9 Å². The number of hydrogen-bond acceptors (Lipinski definition) is 2. The van der Waals surface area contributed by atoms with Gasteiger partial charge in [-0.25, -0.2) is 0 Å². The van der Waals surface area contributed by atoms with E-state index in [1.807, 2.05) is 30.5 Å². The van der Waals surface area contributed by atoms with E-state index in [9.17, 15) is 4.79 Å². The summed E-state index contributed by atoms with van der Waals surface area (Å²) in [6.45, 7) is 2.07. The van der Waals surface area contributed by atoms with Crippen LogP contribution in [0.1, 0.15) is 23.2 Å². The predicted molar refractivity (Wildman–Crippen MR) is 76.3 cm³/mol. The number of likely N-dealkylation sites (N-methyl/N-ethyl adjacent to an activating group) is 1. The number of fused-ring (bicyclic) bond motifs is 1. The number of nitrogens with one attached hydrogen (secondary N) is 2. The smallest absolute Gasteiger partial charge is 0.251 e. The molecule has 1 unspecified atom stereocenters. The summed E-state index contributed by atoms with van der Waals surface area (Å²) in [5, 5.41) is 4.26. The number of carbonyl (C=O) groups is 1. The molecule has 4 nitrogen and oxygen atoms in total. The van der Waals surface area contributed by atoms with Crippen molar-refractivity contribution in [2.45, 2.75) is 18.9 Å². The minimum atomic E-state index is 0.0248. The number of piperidine rings is 1. The number of H-pyrrole nitrogens is 1. The molecule has 1 fully saturated rings. The lowest BCUT2D eigenvalue weighted by Crippen LogP contribution is -2.46. The van der Waals surface area contributed by atoms with Gasteiger partial charge in [-0.15, -0.1) is 0 Å². The number of aromatic amines is 1. The minimum Gasteiger partial charge on any atom is -0.361 e. The van der Waals surface area contributed by atoms with Crippen molar-refractivity contribution < 1.29 is 4.79 Å². The molecule has 1 amide bonds. The van der Waals surface area contributed by atoms with Gasteiger partial charge in [0.15, 0.2) is 0 Å². The van der Waals surface area contributed by atoms with Crippen molar-refractivity contribution in [1.29, 1.82) is 0 Å². The molecular formula is C15H19N3O. The highest BCUT2D eigenvalue weighted by Gasteiger charge is 2.19. The van der Waals surface area contributed by atoms with E-state index in [1.54, 1.807) is 0 Å². The molecule has 100 valence electrons. The van der Waals surface area contributed by atoms with Crippen molar-refractivity contribution in [3.8, 4) is 0 Å². The fraction of sp³-hybridized carbons (Fsp3) is 0.400. The van der Waals surface area contributed by atoms with E-state index in [0.29, 0.717) is 0 Å². The van der Waals surface area contributed by atoms with Crippen LogP contribution in [0.25, 0.3) is 10.9 Å². The van der Waals surface area contributed by atoms with Gasteiger partial charge in [0.25, 0.3) is 5.91 Å². The third kappa shape index (κ3) is 2.63. The number of aromatic nitrogens is 1. The van der Waals surface area contributed by atoms with Crippen molar-refractivity contribution in [3.05, 3.63) is 36.0 Å². The van der Waals surface area contributed by atoms with Crippen molar-refractivity contribution >= 4 is 16.8 Å². The Labute approximate surface area is 112 Å². The lowest BCUT2D eigenvalue weighted by molar-refractivity contribution is 0.0912. The lowest BCUT2D eigenvalue weighted by atomic mass is 10.1. The maximum absolute atomic E-state index is 12.2. The van der Waals surface area contributed by atoms with Crippen LogP contribution in [0.4, 0.5) is 0 Å². The first-order valence-electron chi connectivity index (χ1n) is 6.79. The molecule has 0 radical (unpaired) electrons. The first kappa shape index (κ1) is 12.2. The van der Waals surface area contributed by atoms with E-state index in [4.69, 9.17) is 0 Å². The second-order valence-corrected chi connectivity index (χ2v) is 5.35. The van der Waals surface area contributed by atoms with Crippen molar-refractivity contribution in [1.82, 2.24) is 15.2 Å². The second-order valence-electron chi connectivity index (χ2n) is 5.35. The Bertz CT molecular complexity index is 590. The summed E-state index contributed by atoms with van der Waals surface area (Å²) < 4.78 is 0. The van der Waals surface area contributed by atoms with Crippen LogP contribution in [0, 0.1) is 0 Å². The van der Waals surface area contributed by atoms with Crippen LogP contribution in [-0.2, 0) is 0 Å². The lowest BCUT2D eigenvalue weighted by Gasteiger charge is -2.30. The van der Waals surface area contributed by atoms with Crippen LogP contribution < -0.4 is 5.32 Å². The highest BCUT2D eigenvalue weighted by Crippen LogP contribution is 2.15. The molecule has 2 heterocycles. The second kappa shape index (κ2) is 5.05. The monoisotopic (exact) mass is 257 g/mol. The Hall–Kier alpha value is -1.81. The molecule has 1 aromatic carbocycles. The Morgan fingerprint density at radius 3 is 3.16 bits per heavy atom. The van der Waals surface area contributed by atoms with Crippen LogP contribution in [-0.4, -0.2) is 42.0 Å². The Kier molecular flexibility index (Phi) is 3.25. The summed E-state index contributed by atoms with van der Waals surface area (Å²) in [4.78, 5) is 17.6. The molecule has 2 N–H and O–H groups in total. The van der Waals surface area contributed by atoms with Gasteiger partial charge in [0.05, 0.1) is 0 Å². The Balaban J connectivity index is 1.72. The highest BCUT2D eigenvalue weighted by atomic mass is 16.1. The molecular weight excluding hydrogens is 238 g/mol. The third-order valence-corrected chi connectivity index (χ3v) is 3.78. The van der Waals surface area contributed by atoms with Crippen LogP contribution in [0.3, 0.4) is 0 Å². The van der Waals surface area contributed by atoms with Gasteiger partial charge in [-0.1, -0.05) is 6.07 Å². The summed E-state index contributed by atoms with van der Waals surface area (Å²) in [7, 11) is 2.10. The molecule has 1 aliphatic rings. The van der Waals surface area contributed by atoms with Gasteiger partial charge in [-0.05, 0) is 50.0 Å². The Morgan fingerprint density at radius 2 is 2.32 bits per heavy atom. The van der Waals surface area contributed by atoms with Gasteiger partial charge in [-0.2, -0.15) is 0 Å². The van der Waals surface area contributed by atoms with E-state index in [2.05, 4.69) is 22.2 Å². The molecule has 4 heteroatoms. The molecule has 2 aromatic rings. The SMILES string of the molecule is CN1CCCC(NC(=O)c2ccc3cc[nH]c3c2)C1. The van der Waals surface area contributed by atoms with Crippen LogP contribution in [0.2, 0.25) is 0 Å². The van der Waals surface area contributed by atoms with Crippen molar-refractivity contribution in [2.75, 3.05) is 20.1 Å². The van der Waals surface area contributed by atoms with Gasteiger partial charge < -0.3 is 15.2 Å². The zero-order chi connectivity index (χ0) is 13.2. The number of benzene rings is 1. The quantitative estimate of drug-likeness (QED) is 0.864. The van der Waals surface area contributed by atoms with Gasteiger partial charge in [0.2, 0.25) is 0 Å². The van der Waals surface area contributed by atoms with E-state index >= 15 is 0 Å². The molecule has 0 saturated carbocycles. The molecule has 3 rings (SSSR count). The van der Waals surface area contributed by atoms with Gasteiger partial charge in [0, 0.05) is 29.9 Å². The third-order valence-electron chi connectivity index (χ3n) is 3.78. The van der Waals surface area contributed by atoms with Crippen LogP contribution >= 0.6 is 0 Å². The average molecular weight is 257 g/mol. The molecule has 0 bridgehead atoms. The maximum atomic E-state index is 12.2. The van der Waals surface area contributed by atoms with Gasteiger partial charge >= 0.3 is 0 Å². The van der Waals surface area contributed by atoms with E-state index in [0.717, 1.165) is 42.4 Å². The fourth-order valence-electron chi connectivity index (χ4n) is 2.74. The zero-order valence-corrected chi connectivity index (χ0v) is 11.1. The van der Waals surface area contributed by atoms with E-state index < -0.39 is 0 Å². The summed E-state index contributed by atoms with van der Waals surface area (Å²) in [6.07, 6.45) is 4.11. The topological polar surface area (TPSA) is 48.1 Å². The zero-order valence-electron chi connectivity index (χ0n) is 11.1. The normalized spacial score (nSPS) is 20.6. The number of amides is 1. The summed E-state index contributed by atoms with van der Waals surface area (Å²) in [5.41, 5.74) is 1.73. The Morgan fingerprint density at radius 1 is 1.42 bits per heavy atom. The number of carbonyl (C=O) groups excluding carboxylic acids is 1. The molecule has 1 aromatic heterocycles. The molecule has 1 saturated heterocycles. The van der Waals surface area contributed by atoms with Crippen molar-refractivity contribution in [2.24, 2.45) is 0 Å². The minimum absolute atomic E-state index is 0.0248. The van der Waals surface area contributed by atoms with Crippen LogP contribution in [0.5, 0.6) is 0 Å². The van der Waals surface area contributed by atoms with Gasteiger partial charge in [0.1, 0.15) is 0 Å². The number of hydrogen-bond donors (Lipinski definition) is 2. The van der Waals surface area contributed by atoms with E-state index in [1.165, 1.54) is 0 Å². The average Bonchev–Trinajstić information content (AvgIpc) is 2.85. The summed E-state index contributed by atoms with van der Waals surface area (Å²) in [6, 6.07) is 8.06. The van der Waals surface area contributed by atoms with Gasteiger partial charge in [-0.3, -0.25) is 4.79 Å². The van der Waals surface area contributed by atoms with Crippen molar-refractivity contribution in [3.63, 3.8) is 0 Å². The van der Waals surface area contributed by atoms with Crippen LogP contribution in [0.15, 0.2) is 30.5 Å². The predicted octanol–water partition coefficient (Wildman–Crippen LogP) is 1.99. The maximum Gasteiger partial charge on any atom is 0.251 e. The fourth-order valence-corrected chi connectivity index (χ4v) is 2.74.